The van der Waals surface area contributed by atoms with Gasteiger partial charge in [0.1, 0.15) is 6.04 Å². The molecule has 0 heterocycles. The first-order valence-electron chi connectivity index (χ1n) is 4.38. The van der Waals surface area contributed by atoms with Crippen molar-refractivity contribution in [2.45, 2.75) is 31.4 Å². The second-order valence-electron chi connectivity index (χ2n) is 2.92. The van der Waals surface area contributed by atoms with Crippen LogP contribution in [0.15, 0.2) is 0 Å². The van der Waals surface area contributed by atoms with Gasteiger partial charge in [-0.15, -0.1) is 0 Å². The topological polar surface area (TPSA) is 113 Å². The van der Waals surface area contributed by atoms with E-state index in [2.05, 4.69) is 4.74 Å². The molecule has 0 aromatic heterocycles. The Morgan fingerprint density at radius 1 is 1.38 bits per heavy atom. The minimum atomic E-state index is -1.33. The van der Waals surface area contributed by atoms with Gasteiger partial charge >= 0.3 is 18.0 Å². The number of aliphatic carboxylic acids is 2. The summed E-state index contributed by atoms with van der Waals surface area (Å²) in [7, 11) is 0. The van der Waals surface area contributed by atoms with Gasteiger partial charge in [-0.2, -0.15) is 0 Å². The van der Waals surface area contributed by atoms with E-state index in [1.165, 1.54) is 6.92 Å². The third-order valence-corrected chi connectivity index (χ3v) is 1.60. The Kier molecular flexibility index (Phi) is 6.24. The maximum absolute atomic E-state index is 11.0. The zero-order valence-corrected chi connectivity index (χ0v) is 9.23. The van der Waals surface area contributed by atoms with Crippen molar-refractivity contribution in [3.05, 3.63) is 0 Å². The van der Waals surface area contributed by atoms with E-state index in [9.17, 15) is 14.4 Å². The van der Waals surface area contributed by atoms with Crippen molar-refractivity contribution >= 4 is 29.6 Å². The van der Waals surface area contributed by atoms with Gasteiger partial charge in [0.25, 0.3) is 0 Å². The van der Waals surface area contributed by atoms with Crippen LogP contribution in [-0.2, 0) is 14.3 Å². The van der Waals surface area contributed by atoms with Gasteiger partial charge in [-0.1, -0.05) is 11.6 Å². The molecular formula is C8H12ClNO6. The molecule has 2 unspecified atom stereocenters. The molecule has 0 bridgehead atoms. The molecule has 0 radical (unpaired) electrons. The summed E-state index contributed by atoms with van der Waals surface area (Å²) in [5.74, 6) is -2.48. The number of carbonyl (C=O) groups excluding carboxylic acids is 1. The van der Waals surface area contributed by atoms with E-state index in [0.717, 1.165) is 0 Å². The molecule has 3 N–H and O–H groups in total. The van der Waals surface area contributed by atoms with Gasteiger partial charge < -0.3 is 20.3 Å². The summed E-state index contributed by atoms with van der Waals surface area (Å²) in [4.78, 5) is 31.9. The lowest BCUT2D eigenvalue weighted by atomic mass is 10.1. The molecule has 1 amide bonds. The fourth-order valence-corrected chi connectivity index (χ4v) is 0.930. The van der Waals surface area contributed by atoms with Crippen LogP contribution in [0.25, 0.3) is 0 Å². The first-order valence-corrected chi connectivity index (χ1v) is 4.82. The summed E-state index contributed by atoms with van der Waals surface area (Å²) in [6, 6.07) is -1.31. The lowest BCUT2D eigenvalue weighted by molar-refractivity contribution is -0.140. The Morgan fingerprint density at radius 2 is 1.94 bits per heavy atom. The molecule has 0 aliphatic carbocycles. The molecule has 0 aromatic carbocycles. The van der Waals surface area contributed by atoms with Crippen LogP contribution in [0.2, 0.25) is 0 Å². The average Bonchev–Trinajstić information content (AvgIpc) is 2.09. The number of hydrogen-bond acceptors (Lipinski definition) is 4. The zero-order chi connectivity index (χ0) is 12.7. The van der Waals surface area contributed by atoms with E-state index in [4.69, 9.17) is 21.8 Å². The van der Waals surface area contributed by atoms with E-state index in [1.807, 2.05) is 5.32 Å². The first-order chi connectivity index (χ1) is 7.32. The van der Waals surface area contributed by atoms with Crippen molar-refractivity contribution < 1.29 is 29.3 Å². The van der Waals surface area contributed by atoms with E-state index in [1.54, 1.807) is 0 Å². The molecule has 0 fully saturated rings. The molecule has 2 atom stereocenters. The molecule has 7 nitrogen and oxygen atoms in total. The van der Waals surface area contributed by atoms with Crippen LogP contribution in [0.1, 0.15) is 19.8 Å². The molecule has 0 saturated heterocycles. The lowest BCUT2D eigenvalue weighted by Crippen LogP contribution is -2.41. The van der Waals surface area contributed by atoms with Gasteiger partial charge in [0.05, 0.1) is 0 Å². The van der Waals surface area contributed by atoms with Crippen LogP contribution < -0.4 is 5.32 Å². The quantitative estimate of drug-likeness (QED) is 0.598. The van der Waals surface area contributed by atoms with Gasteiger partial charge in [0, 0.05) is 6.42 Å². The zero-order valence-electron chi connectivity index (χ0n) is 8.47. The van der Waals surface area contributed by atoms with Crippen LogP contribution in [0.4, 0.5) is 4.79 Å². The molecule has 0 saturated carbocycles. The minimum absolute atomic E-state index is 0.226. The third kappa shape index (κ3) is 6.88. The Hall–Kier alpha value is -1.50. The van der Waals surface area contributed by atoms with E-state index >= 15 is 0 Å². The standard InChI is InChI=1S/C8H12ClNO6/c1-4(9)16-8(15)10-5(7(13)14)2-3-6(11)12/h4-5H,2-3H2,1H3,(H,10,15)(H,11,12)(H,13,14). The summed E-state index contributed by atoms with van der Waals surface area (Å²) >= 11 is 5.34. The number of alkyl carbamates (subject to hydrolysis) is 1. The van der Waals surface area contributed by atoms with E-state index in [-0.39, 0.29) is 12.8 Å². The predicted octanol–water partition coefficient (Wildman–Crippen LogP) is 0.615. The second-order valence-corrected chi connectivity index (χ2v) is 3.53. The summed E-state index contributed by atoms with van der Waals surface area (Å²) in [6.07, 6.45) is -1.59. The highest BCUT2D eigenvalue weighted by atomic mass is 35.5. The highest BCUT2D eigenvalue weighted by Gasteiger charge is 2.22. The Labute approximate surface area is 96.3 Å². The molecule has 8 heteroatoms. The van der Waals surface area contributed by atoms with Crippen LogP contribution in [-0.4, -0.2) is 39.8 Å². The van der Waals surface area contributed by atoms with Gasteiger partial charge in [-0.3, -0.25) is 4.79 Å². The summed E-state index contributed by atoms with van der Waals surface area (Å²) in [5, 5.41) is 19.0. The van der Waals surface area contributed by atoms with Gasteiger partial charge in [-0.05, 0) is 13.3 Å². The van der Waals surface area contributed by atoms with Gasteiger partial charge in [-0.25, -0.2) is 9.59 Å². The molecule has 0 spiro atoms. The summed E-state index contributed by atoms with van der Waals surface area (Å²) < 4.78 is 4.44. The Bertz CT molecular complexity index is 280. The van der Waals surface area contributed by atoms with Crippen LogP contribution in [0.5, 0.6) is 0 Å². The number of carboxylic acids is 2. The first kappa shape index (κ1) is 14.5. The third-order valence-electron chi connectivity index (χ3n) is 1.51. The monoisotopic (exact) mass is 253 g/mol. The van der Waals surface area contributed by atoms with Crippen LogP contribution in [0, 0.1) is 0 Å². The molecule has 0 rings (SSSR count). The Balaban J connectivity index is 4.17. The number of carbonyl (C=O) groups is 3. The minimum Gasteiger partial charge on any atom is -0.481 e. The number of nitrogens with one attached hydrogen (secondary N) is 1. The van der Waals surface area contributed by atoms with Crippen molar-refractivity contribution in [1.29, 1.82) is 0 Å². The number of rotatable bonds is 6. The largest absolute Gasteiger partial charge is 0.481 e. The maximum Gasteiger partial charge on any atom is 0.409 e. The molecule has 0 aromatic rings. The maximum atomic E-state index is 11.0. The molecule has 0 aliphatic rings. The van der Waals surface area contributed by atoms with Gasteiger partial charge in [0.2, 0.25) is 0 Å². The number of hydrogen-bond donors (Lipinski definition) is 3. The van der Waals surface area contributed by atoms with Crippen molar-refractivity contribution in [1.82, 2.24) is 5.32 Å². The normalized spacial score (nSPS) is 13.6. The Morgan fingerprint density at radius 3 is 2.31 bits per heavy atom. The van der Waals surface area contributed by atoms with Crippen LogP contribution in [0.3, 0.4) is 0 Å². The molecule has 92 valence electrons. The fraction of sp³-hybridized carbons (Fsp3) is 0.625. The van der Waals surface area contributed by atoms with E-state index < -0.39 is 29.6 Å². The number of halogens is 1. The van der Waals surface area contributed by atoms with Crippen molar-refractivity contribution in [3.63, 3.8) is 0 Å². The number of amides is 1. The smallest absolute Gasteiger partial charge is 0.409 e. The lowest BCUT2D eigenvalue weighted by Gasteiger charge is -2.14. The van der Waals surface area contributed by atoms with Crippen molar-refractivity contribution in [2.24, 2.45) is 0 Å². The molecule has 16 heavy (non-hydrogen) atoms. The number of ether oxygens (including phenoxy) is 1. The SMILES string of the molecule is CC(Cl)OC(=O)NC(CCC(=O)O)C(=O)O. The van der Waals surface area contributed by atoms with Crippen molar-refractivity contribution in [3.8, 4) is 0 Å². The summed E-state index contributed by atoms with van der Waals surface area (Å²) in [6.45, 7) is 1.38. The predicted molar refractivity (Wildman–Crippen MR) is 53.2 cm³/mol. The molecular weight excluding hydrogens is 242 g/mol. The van der Waals surface area contributed by atoms with Gasteiger partial charge in [0.15, 0.2) is 5.56 Å². The fourth-order valence-electron chi connectivity index (χ4n) is 0.849. The average molecular weight is 254 g/mol. The number of carboxylic acid groups (broad SMARTS) is 2. The number of alkyl halides is 1. The second kappa shape index (κ2) is 6.89. The molecule has 0 aliphatic heterocycles. The van der Waals surface area contributed by atoms with Crippen LogP contribution >= 0.6 is 11.6 Å². The van der Waals surface area contributed by atoms with E-state index in [0.29, 0.717) is 0 Å². The highest BCUT2D eigenvalue weighted by Crippen LogP contribution is 2.01. The summed E-state index contributed by atoms with van der Waals surface area (Å²) in [5.41, 5.74) is -0.895. The highest BCUT2D eigenvalue weighted by molar-refractivity contribution is 6.19. The van der Waals surface area contributed by atoms with Crippen molar-refractivity contribution in [2.75, 3.05) is 0 Å².